The van der Waals surface area contributed by atoms with Gasteiger partial charge in [-0.15, -0.1) is 0 Å². The summed E-state index contributed by atoms with van der Waals surface area (Å²) in [7, 11) is 0. The Balaban J connectivity index is 1.63. The predicted molar refractivity (Wildman–Crippen MR) is 141 cm³/mol. The third-order valence-electron chi connectivity index (χ3n) is 5.36. The lowest BCUT2D eigenvalue weighted by Gasteiger charge is -2.03. The van der Waals surface area contributed by atoms with Gasteiger partial charge in [0.25, 0.3) is 11.4 Å². The fourth-order valence-corrected chi connectivity index (χ4v) is 4.04. The van der Waals surface area contributed by atoms with E-state index in [0.29, 0.717) is 17.3 Å². The number of anilines is 2. The summed E-state index contributed by atoms with van der Waals surface area (Å²) in [6.07, 6.45) is 3.06. The second-order valence-electron chi connectivity index (χ2n) is 7.51. The van der Waals surface area contributed by atoms with E-state index in [9.17, 15) is 20.2 Å². The number of benzene rings is 3. The van der Waals surface area contributed by atoms with Gasteiger partial charge in [0.2, 0.25) is 0 Å². The summed E-state index contributed by atoms with van der Waals surface area (Å²) in [5.74, 6) is 0. The highest BCUT2D eigenvalue weighted by atomic mass is 35.5. The number of nitro benzene ring substituents is 2. The van der Waals surface area contributed by atoms with Gasteiger partial charge in [-0.2, -0.15) is 10.2 Å². The molecule has 1 heterocycles. The van der Waals surface area contributed by atoms with Gasteiger partial charge in [0.1, 0.15) is 16.5 Å². The van der Waals surface area contributed by atoms with E-state index in [1.54, 1.807) is 42.6 Å². The third-order valence-corrected chi connectivity index (χ3v) is 5.76. The molecule has 0 radical (unpaired) electrons. The number of nitrogens with zero attached hydrogens (tertiary/aromatic N) is 5. The fraction of sp³-hybridized carbons (Fsp3) is 0.0833. The summed E-state index contributed by atoms with van der Waals surface area (Å²) in [6, 6.07) is 18.0. The maximum Gasteiger partial charge on any atom is 0.294 e. The van der Waals surface area contributed by atoms with Crippen LogP contribution in [0.15, 0.2) is 76.9 Å². The van der Waals surface area contributed by atoms with Crippen molar-refractivity contribution in [1.29, 1.82) is 0 Å². The van der Waals surface area contributed by atoms with Crippen LogP contribution in [-0.2, 0) is 6.54 Å². The first-order valence-electron chi connectivity index (χ1n) is 10.8. The minimum Gasteiger partial charge on any atom is -0.331 e. The molecule has 0 aliphatic rings. The van der Waals surface area contributed by atoms with Gasteiger partial charge in [0, 0.05) is 35.1 Å². The van der Waals surface area contributed by atoms with Crippen LogP contribution in [0.25, 0.3) is 10.9 Å². The molecule has 0 aliphatic carbocycles. The zero-order chi connectivity index (χ0) is 25.7. The first-order valence-corrected chi connectivity index (χ1v) is 11.1. The largest absolute Gasteiger partial charge is 0.331 e. The second kappa shape index (κ2) is 10.7. The number of halogens is 1. The number of nitrogens with one attached hydrogen (secondary N) is 2. The monoisotopic (exact) mass is 505 g/mol. The smallest absolute Gasteiger partial charge is 0.294 e. The predicted octanol–water partition coefficient (Wildman–Crippen LogP) is 6.02. The molecule has 3 aromatic carbocycles. The molecule has 11 nitrogen and oxygen atoms in total. The number of nitro groups is 2. The van der Waals surface area contributed by atoms with Gasteiger partial charge in [0.15, 0.2) is 0 Å². The van der Waals surface area contributed by atoms with Crippen molar-refractivity contribution < 1.29 is 9.85 Å². The SMILES string of the molecule is CCn1c(Cl)c(/C=N/Nc2ccccc2[N+](=O)[O-])c2cc(/C=N/Nc3ccccc3[N+](=O)[O-])ccc21. The van der Waals surface area contributed by atoms with Crippen LogP contribution in [0.2, 0.25) is 5.15 Å². The van der Waals surface area contributed by atoms with Crippen molar-refractivity contribution in [3.05, 3.63) is 103 Å². The molecule has 4 rings (SSSR count). The Kier molecular flexibility index (Phi) is 7.21. The number of fused-ring (bicyclic) bond motifs is 1. The van der Waals surface area contributed by atoms with Crippen molar-refractivity contribution >= 4 is 57.7 Å². The van der Waals surface area contributed by atoms with E-state index < -0.39 is 9.85 Å². The zero-order valence-corrected chi connectivity index (χ0v) is 19.7. The number of rotatable bonds is 9. The highest BCUT2D eigenvalue weighted by Gasteiger charge is 2.15. The molecular formula is C24H20ClN7O4. The number of hydrogen-bond acceptors (Lipinski definition) is 8. The average molecular weight is 506 g/mol. The van der Waals surface area contributed by atoms with Crippen molar-refractivity contribution in [2.45, 2.75) is 13.5 Å². The van der Waals surface area contributed by atoms with Crippen LogP contribution in [-0.4, -0.2) is 26.8 Å². The van der Waals surface area contributed by atoms with E-state index in [2.05, 4.69) is 21.1 Å². The molecule has 182 valence electrons. The quantitative estimate of drug-likeness (QED) is 0.162. The van der Waals surface area contributed by atoms with Crippen LogP contribution >= 0.6 is 11.6 Å². The normalized spacial score (nSPS) is 11.4. The number of aryl methyl sites for hydroxylation is 1. The molecule has 0 saturated heterocycles. The number of hydrazone groups is 2. The van der Waals surface area contributed by atoms with Crippen LogP contribution in [0.5, 0.6) is 0 Å². The number of hydrogen-bond donors (Lipinski definition) is 2. The van der Waals surface area contributed by atoms with Gasteiger partial charge in [-0.3, -0.25) is 31.1 Å². The molecule has 12 heteroatoms. The van der Waals surface area contributed by atoms with Gasteiger partial charge < -0.3 is 4.57 Å². The Labute approximate surface area is 210 Å². The first-order chi connectivity index (χ1) is 17.4. The zero-order valence-electron chi connectivity index (χ0n) is 19.0. The Morgan fingerprint density at radius 3 is 2.00 bits per heavy atom. The molecule has 0 atom stereocenters. The lowest BCUT2D eigenvalue weighted by molar-refractivity contribution is -0.384. The van der Waals surface area contributed by atoms with E-state index in [1.807, 2.05) is 29.7 Å². The van der Waals surface area contributed by atoms with E-state index in [4.69, 9.17) is 11.6 Å². The van der Waals surface area contributed by atoms with E-state index in [1.165, 1.54) is 18.3 Å². The maximum atomic E-state index is 11.2. The van der Waals surface area contributed by atoms with E-state index in [-0.39, 0.29) is 22.7 Å². The number of para-hydroxylation sites is 4. The molecule has 1 aromatic heterocycles. The fourth-order valence-electron chi connectivity index (χ4n) is 3.68. The van der Waals surface area contributed by atoms with E-state index >= 15 is 0 Å². The third kappa shape index (κ3) is 5.00. The molecule has 0 spiro atoms. The highest BCUT2D eigenvalue weighted by Crippen LogP contribution is 2.30. The molecule has 0 bridgehead atoms. The first kappa shape index (κ1) is 24.4. The molecule has 36 heavy (non-hydrogen) atoms. The van der Waals surface area contributed by atoms with Crippen LogP contribution < -0.4 is 10.9 Å². The van der Waals surface area contributed by atoms with Crippen LogP contribution in [0.4, 0.5) is 22.7 Å². The van der Waals surface area contributed by atoms with Crippen molar-refractivity contribution in [3.63, 3.8) is 0 Å². The Morgan fingerprint density at radius 1 is 0.889 bits per heavy atom. The standard InChI is InChI=1S/C24H20ClN7O4/c1-2-30-21-12-11-16(14-26-28-19-7-3-5-9-22(19)31(33)34)13-17(21)18(24(30)25)15-27-29-20-8-4-6-10-23(20)32(35)36/h3-15,28-29H,2H2,1H3/b26-14+,27-15+. The van der Waals surface area contributed by atoms with Crippen molar-refractivity contribution in [2.24, 2.45) is 10.2 Å². The van der Waals surface area contributed by atoms with Crippen LogP contribution in [0.3, 0.4) is 0 Å². The molecule has 0 fully saturated rings. The molecule has 0 aliphatic heterocycles. The Morgan fingerprint density at radius 2 is 1.44 bits per heavy atom. The Hall–Kier alpha value is -4.77. The van der Waals surface area contributed by atoms with E-state index in [0.717, 1.165) is 16.5 Å². The van der Waals surface area contributed by atoms with Gasteiger partial charge >= 0.3 is 0 Å². The molecule has 0 saturated carbocycles. The molecular weight excluding hydrogens is 486 g/mol. The summed E-state index contributed by atoms with van der Waals surface area (Å²) in [6.45, 7) is 2.58. The summed E-state index contributed by atoms with van der Waals surface area (Å²) in [4.78, 5) is 21.4. The number of aromatic nitrogens is 1. The second-order valence-corrected chi connectivity index (χ2v) is 7.87. The summed E-state index contributed by atoms with van der Waals surface area (Å²) in [5.41, 5.74) is 7.99. The lowest BCUT2D eigenvalue weighted by atomic mass is 10.1. The van der Waals surface area contributed by atoms with Crippen LogP contribution in [0.1, 0.15) is 18.1 Å². The Bertz CT molecular complexity index is 1510. The lowest BCUT2D eigenvalue weighted by Crippen LogP contribution is -1.97. The molecule has 2 N–H and O–H groups in total. The summed E-state index contributed by atoms with van der Waals surface area (Å²) < 4.78 is 1.91. The summed E-state index contributed by atoms with van der Waals surface area (Å²) in [5, 5.41) is 32.0. The average Bonchev–Trinajstić information content (AvgIpc) is 3.14. The minimum atomic E-state index is -0.489. The van der Waals surface area contributed by atoms with Crippen molar-refractivity contribution in [2.75, 3.05) is 10.9 Å². The van der Waals surface area contributed by atoms with Gasteiger partial charge in [-0.1, -0.05) is 41.9 Å². The van der Waals surface area contributed by atoms with Gasteiger partial charge in [-0.25, -0.2) is 0 Å². The minimum absolute atomic E-state index is 0.0819. The maximum absolute atomic E-state index is 11.2. The van der Waals surface area contributed by atoms with Crippen molar-refractivity contribution in [1.82, 2.24) is 4.57 Å². The van der Waals surface area contributed by atoms with Gasteiger partial charge in [-0.05, 0) is 36.8 Å². The molecule has 4 aromatic rings. The topological polar surface area (TPSA) is 140 Å². The summed E-state index contributed by atoms with van der Waals surface area (Å²) >= 11 is 6.63. The highest BCUT2D eigenvalue weighted by molar-refractivity contribution is 6.34. The molecule has 0 amide bonds. The van der Waals surface area contributed by atoms with Crippen molar-refractivity contribution in [3.8, 4) is 0 Å². The van der Waals surface area contributed by atoms with Crippen LogP contribution in [0, 0.1) is 20.2 Å². The van der Waals surface area contributed by atoms with Gasteiger partial charge in [0.05, 0.1) is 22.3 Å². The molecule has 0 unspecified atom stereocenters.